The molecule has 0 bridgehead atoms. The summed E-state index contributed by atoms with van der Waals surface area (Å²) in [6.07, 6.45) is 0. The maximum Gasteiger partial charge on any atom is 0.284 e. The molecular weight excluding hydrogens is 578 g/mol. The van der Waals surface area contributed by atoms with Crippen LogP contribution in [0.3, 0.4) is 0 Å². The number of anilines is 2. The molecule has 1 saturated heterocycles. The molecule has 2 heterocycles. The number of carbonyl (C=O) groups excluding carboxylic acids is 1. The van der Waals surface area contributed by atoms with Crippen LogP contribution in [-0.2, 0) is 21.4 Å². The van der Waals surface area contributed by atoms with E-state index in [9.17, 15) is 13.2 Å². The third kappa shape index (κ3) is 5.95. The summed E-state index contributed by atoms with van der Waals surface area (Å²) in [7, 11) is -4.06. The fourth-order valence-corrected chi connectivity index (χ4v) is 6.60. The van der Waals surface area contributed by atoms with Gasteiger partial charge in [-0.25, -0.2) is 9.97 Å². The second-order valence-electron chi connectivity index (χ2n) is 9.18. The number of carbonyl (C=O) groups is 1. The van der Waals surface area contributed by atoms with E-state index in [4.69, 9.17) is 16.6 Å². The van der Waals surface area contributed by atoms with Gasteiger partial charge in [-0.3, -0.25) is 9.69 Å². The van der Waals surface area contributed by atoms with Crippen LogP contribution in [0.4, 0.5) is 11.5 Å². The molecule has 1 amide bonds. The van der Waals surface area contributed by atoms with Crippen LogP contribution in [0.5, 0.6) is 0 Å². The Morgan fingerprint density at radius 1 is 0.902 bits per heavy atom. The molecular formula is C30H22ClN5O3S2. The quantitative estimate of drug-likeness (QED) is 0.227. The largest absolute Gasteiger partial charge is 0.340 e. The van der Waals surface area contributed by atoms with Gasteiger partial charge in [0.05, 0.1) is 22.7 Å². The number of amides is 1. The van der Waals surface area contributed by atoms with Crippen LogP contribution < -0.4 is 5.32 Å². The molecule has 1 aliphatic heterocycles. The van der Waals surface area contributed by atoms with Gasteiger partial charge in [0.25, 0.3) is 10.0 Å². The standard InChI is InChI=1S/C30H22ClN5O3S2/c31-22-11-16-26-25(17-22)29(34-28(33-26)21-9-5-2-6-10-21)32-23-12-14-24(15-13-23)41(38,39)35-30-36(27(37)19-40-30)18-20-7-3-1-4-8-20/h1-17H,18-19H2,(H,32,33,34)/b35-30-. The minimum absolute atomic E-state index is 0.00993. The van der Waals surface area contributed by atoms with E-state index in [0.717, 1.165) is 28.3 Å². The van der Waals surface area contributed by atoms with Crippen LogP contribution in [0.1, 0.15) is 5.56 Å². The van der Waals surface area contributed by atoms with Crippen molar-refractivity contribution in [1.29, 1.82) is 0 Å². The van der Waals surface area contributed by atoms with Crippen LogP contribution in [0.25, 0.3) is 22.3 Å². The van der Waals surface area contributed by atoms with Gasteiger partial charge in [0.15, 0.2) is 11.0 Å². The predicted molar refractivity (Wildman–Crippen MR) is 164 cm³/mol. The number of rotatable bonds is 7. The number of amidine groups is 1. The summed E-state index contributed by atoms with van der Waals surface area (Å²) >= 11 is 7.38. The predicted octanol–water partition coefficient (Wildman–Crippen LogP) is 6.51. The lowest BCUT2D eigenvalue weighted by Crippen LogP contribution is -2.29. The average molecular weight is 600 g/mol. The second-order valence-corrected chi connectivity index (χ2v) is 12.2. The van der Waals surface area contributed by atoms with Gasteiger partial charge in [0, 0.05) is 21.7 Å². The molecule has 5 aromatic rings. The number of nitrogens with one attached hydrogen (secondary N) is 1. The summed E-state index contributed by atoms with van der Waals surface area (Å²) in [5, 5.41) is 4.71. The molecule has 0 atom stereocenters. The highest BCUT2D eigenvalue weighted by Gasteiger charge is 2.30. The number of hydrogen-bond donors (Lipinski definition) is 1. The molecule has 1 N–H and O–H groups in total. The molecule has 0 aliphatic carbocycles. The van der Waals surface area contributed by atoms with Crippen molar-refractivity contribution in [2.45, 2.75) is 11.4 Å². The Labute approximate surface area is 246 Å². The molecule has 11 heteroatoms. The van der Waals surface area contributed by atoms with E-state index in [2.05, 4.69) is 14.7 Å². The van der Waals surface area contributed by atoms with Crippen molar-refractivity contribution < 1.29 is 13.2 Å². The van der Waals surface area contributed by atoms with E-state index < -0.39 is 10.0 Å². The topological polar surface area (TPSA) is 105 Å². The molecule has 1 fully saturated rings. The smallest absolute Gasteiger partial charge is 0.284 e. The van der Waals surface area contributed by atoms with Gasteiger partial charge in [-0.1, -0.05) is 84.0 Å². The number of sulfonamides is 1. The minimum Gasteiger partial charge on any atom is -0.340 e. The van der Waals surface area contributed by atoms with E-state index in [1.807, 2.05) is 66.7 Å². The third-order valence-electron chi connectivity index (χ3n) is 6.34. The monoisotopic (exact) mass is 599 g/mol. The first-order chi connectivity index (χ1) is 19.9. The zero-order valence-corrected chi connectivity index (χ0v) is 23.8. The molecule has 0 radical (unpaired) electrons. The van der Waals surface area contributed by atoms with Crippen molar-refractivity contribution >= 4 is 66.9 Å². The first-order valence-corrected chi connectivity index (χ1v) is 15.4. The lowest BCUT2D eigenvalue weighted by atomic mass is 10.2. The van der Waals surface area contributed by atoms with Crippen molar-refractivity contribution in [3.8, 4) is 11.4 Å². The Balaban J connectivity index is 1.28. The molecule has 0 saturated carbocycles. The molecule has 204 valence electrons. The number of halogens is 1. The summed E-state index contributed by atoms with van der Waals surface area (Å²) in [5.41, 5.74) is 3.08. The lowest BCUT2D eigenvalue weighted by Gasteiger charge is -2.16. The fourth-order valence-electron chi connectivity index (χ4n) is 4.30. The normalized spacial score (nSPS) is 14.6. The first-order valence-electron chi connectivity index (χ1n) is 12.6. The van der Waals surface area contributed by atoms with Gasteiger partial charge in [-0.2, -0.15) is 8.42 Å². The fraction of sp³-hybridized carbons (Fsp3) is 0.0667. The number of benzene rings is 4. The third-order valence-corrected chi connectivity index (χ3v) is 8.94. The van der Waals surface area contributed by atoms with Crippen molar-refractivity contribution in [1.82, 2.24) is 14.9 Å². The number of thioether (sulfide) groups is 1. The van der Waals surface area contributed by atoms with Gasteiger partial charge in [0.1, 0.15) is 5.82 Å². The molecule has 8 nitrogen and oxygen atoms in total. The van der Waals surface area contributed by atoms with Crippen LogP contribution in [0.15, 0.2) is 112 Å². The molecule has 41 heavy (non-hydrogen) atoms. The van der Waals surface area contributed by atoms with Gasteiger partial charge in [-0.05, 0) is 48.0 Å². The average Bonchev–Trinajstić information content (AvgIpc) is 3.32. The maximum absolute atomic E-state index is 13.2. The zero-order valence-electron chi connectivity index (χ0n) is 21.4. The SMILES string of the molecule is O=C1CS/C(=N\S(=O)(=O)c2ccc(Nc3nc(-c4ccccc4)nc4ccc(Cl)cc34)cc2)N1Cc1ccccc1. The highest BCUT2D eigenvalue weighted by atomic mass is 35.5. The van der Waals surface area contributed by atoms with Crippen molar-refractivity contribution in [2.24, 2.45) is 4.40 Å². The van der Waals surface area contributed by atoms with E-state index in [1.165, 1.54) is 17.0 Å². The van der Waals surface area contributed by atoms with Crippen molar-refractivity contribution in [3.05, 3.63) is 114 Å². The number of aromatic nitrogens is 2. The molecule has 1 aliphatic rings. The minimum atomic E-state index is -4.06. The molecule has 0 spiro atoms. The van der Waals surface area contributed by atoms with Gasteiger partial charge in [-0.15, -0.1) is 4.40 Å². The van der Waals surface area contributed by atoms with E-state index in [-0.39, 0.29) is 28.3 Å². The van der Waals surface area contributed by atoms with Crippen molar-refractivity contribution in [2.75, 3.05) is 11.1 Å². The summed E-state index contributed by atoms with van der Waals surface area (Å²) < 4.78 is 30.4. The second kappa shape index (κ2) is 11.3. The maximum atomic E-state index is 13.2. The van der Waals surface area contributed by atoms with Crippen LogP contribution in [0.2, 0.25) is 5.02 Å². The summed E-state index contributed by atoms with van der Waals surface area (Å²) in [6, 6.07) is 30.6. The van der Waals surface area contributed by atoms with Crippen LogP contribution >= 0.6 is 23.4 Å². The number of nitrogens with zero attached hydrogens (tertiary/aromatic N) is 4. The molecule has 1 aromatic heterocycles. The highest BCUT2D eigenvalue weighted by molar-refractivity contribution is 8.15. The summed E-state index contributed by atoms with van der Waals surface area (Å²) in [4.78, 5) is 23.3. The summed E-state index contributed by atoms with van der Waals surface area (Å²) in [5.74, 6) is 1.04. The van der Waals surface area contributed by atoms with Crippen molar-refractivity contribution in [3.63, 3.8) is 0 Å². The number of hydrogen-bond acceptors (Lipinski definition) is 7. The zero-order chi connectivity index (χ0) is 28.4. The molecule has 0 unspecified atom stereocenters. The van der Waals surface area contributed by atoms with E-state index in [1.54, 1.807) is 24.3 Å². The Hall–Kier alpha value is -4.25. The Bertz CT molecular complexity index is 1890. The van der Waals surface area contributed by atoms with Crippen LogP contribution in [-0.4, -0.2) is 40.1 Å². The summed E-state index contributed by atoms with van der Waals surface area (Å²) in [6.45, 7) is 0.256. The van der Waals surface area contributed by atoms with Gasteiger partial charge in [0.2, 0.25) is 5.91 Å². The first kappa shape index (κ1) is 26.9. The Morgan fingerprint density at radius 3 is 2.34 bits per heavy atom. The van der Waals surface area contributed by atoms with E-state index >= 15 is 0 Å². The molecule has 4 aromatic carbocycles. The van der Waals surface area contributed by atoms with Gasteiger partial charge < -0.3 is 5.32 Å². The number of fused-ring (bicyclic) bond motifs is 1. The lowest BCUT2D eigenvalue weighted by molar-refractivity contribution is -0.124. The Morgan fingerprint density at radius 2 is 1.61 bits per heavy atom. The highest BCUT2D eigenvalue weighted by Crippen LogP contribution is 2.30. The van der Waals surface area contributed by atoms with E-state index in [0.29, 0.717) is 27.9 Å². The van der Waals surface area contributed by atoms with Gasteiger partial charge >= 0.3 is 0 Å². The van der Waals surface area contributed by atoms with Crippen LogP contribution in [0, 0.1) is 0 Å². The molecule has 6 rings (SSSR count). The Kier molecular flexibility index (Phi) is 7.44.